The molecular formula is C9H18N2. The lowest BCUT2D eigenvalue weighted by Crippen LogP contribution is -2.27. The van der Waals surface area contributed by atoms with E-state index in [0.717, 1.165) is 0 Å². The molecule has 11 heavy (non-hydrogen) atoms. The molecule has 0 N–H and O–H groups in total. The first-order valence-corrected chi connectivity index (χ1v) is 3.54. The van der Waals surface area contributed by atoms with Crippen LogP contribution in [-0.4, -0.2) is 4.57 Å². The second-order valence-corrected chi connectivity index (χ2v) is 3.66. The maximum atomic E-state index is 2.19. The highest BCUT2D eigenvalue weighted by Crippen LogP contribution is 2.10. The number of aryl methyl sites for hydroxylation is 1. The third-order valence-corrected chi connectivity index (χ3v) is 1.54. The van der Waals surface area contributed by atoms with Crippen molar-refractivity contribution in [1.82, 2.24) is 4.57 Å². The molecule has 2 heteroatoms. The van der Waals surface area contributed by atoms with Crippen molar-refractivity contribution >= 4 is 0 Å². The van der Waals surface area contributed by atoms with Crippen LogP contribution < -0.4 is 4.57 Å². The minimum Gasteiger partial charge on any atom is -0.358 e. The van der Waals surface area contributed by atoms with E-state index in [0.29, 0.717) is 0 Å². The highest BCUT2D eigenvalue weighted by atomic mass is 15.1. The zero-order chi connectivity index (χ0) is 7.78. The maximum absolute atomic E-state index is 2.19. The molecule has 0 saturated carbocycles. The van der Waals surface area contributed by atoms with Gasteiger partial charge in [-0.1, -0.05) is 0 Å². The van der Waals surface area contributed by atoms with Gasteiger partial charge in [0.2, 0.25) is 6.33 Å². The van der Waals surface area contributed by atoms with Crippen molar-refractivity contribution in [3.63, 3.8) is 0 Å². The van der Waals surface area contributed by atoms with E-state index in [1.165, 1.54) is 0 Å². The topological polar surface area (TPSA) is 8.81 Å². The third-order valence-electron chi connectivity index (χ3n) is 1.54. The lowest BCUT2D eigenvalue weighted by Gasteiger charge is -2.13. The van der Waals surface area contributed by atoms with Crippen molar-refractivity contribution in [2.45, 2.75) is 26.3 Å². The Labute approximate surface area is 69.5 Å². The molecule has 0 bridgehead atoms. The average Bonchev–Trinajstić information content (AvgIpc) is 2.11. The van der Waals surface area contributed by atoms with E-state index in [4.69, 9.17) is 0 Å². The summed E-state index contributed by atoms with van der Waals surface area (Å²) in [4.78, 5) is 0. The van der Waals surface area contributed by atoms with Crippen LogP contribution in [0.4, 0.5) is 0 Å². The van der Waals surface area contributed by atoms with Gasteiger partial charge in [0.1, 0.15) is 17.9 Å². The summed E-state index contributed by atoms with van der Waals surface area (Å²) in [6, 6.07) is 0. The summed E-state index contributed by atoms with van der Waals surface area (Å²) >= 11 is 0. The Morgan fingerprint density at radius 1 is 1.27 bits per heavy atom. The van der Waals surface area contributed by atoms with Crippen molar-refractivity contribution in [2.24, 2.45) is 7.05 Å². The molecule has 0 aliphatic rings. The van der Waals surface area contributed by atoms with Crippen LogP contribution in [0, 0.1) is 7.43 Å². The molecule has 0 aliphatic heterocycles. The fraction of sp³-hybridized carbons (Fsp3) is 0.556. The summed E-state index contributed by atoms with van der Waals surface area (Å²) in [6.45, 7) is 6.56. The summed E-state index contributed by atoms with van der Waals surface area (Å²) in [6.07, 6.45) is 6.21. The van der Waals surface area contributed by atoms with Crippen LogP contribution in [0.1, 0.15) is 20.8 Å². The first-order chi connectivity index (χ1) is 4.50. The molecule has 2 nitrogen and oxygen atoms in total. The van der Waals surface area contributed by atoms with Gasteiger partial charge >= 0.3 is 0 Å². The van der Waals surface area contributed by atoms with Crippen molar-refractivity contribution in [1.29, 1.82) is 0 Å². The van der Waals surface area contributed by atoms with E-state index in [9.17, 15) is 0 Å². The molecule has 0 spiro atoms. The predicted octanol–water partition coefficient (Wildman–Crippen LogP) is 1.52. The van der Waals surface area contributed by atoms with Gasteiger partial charge in [-0.15, -0.1) is 0 Å². The van der Waals surface area contributed by atoms with E-state index in [1.54, 1.807) is 0 Å². The maximum Gasteiger partial charge on any atom is 0.243 e. The molecule has 0 saturated heterocycles. The molecule has 1 aromatic rings. The first kappa shape index (κ1) is 10.2. The van der Waals surface area contributed by atoms with Gasteiger partial charge in [0, 0.05) is 0 Å². The zero-order valence-electron chi connectivity index (χ0n) is 8.13. The number of hydrogen-bond acceptors (Lipinski definition) is 0. The van der Waals surface area contributed by atoms with Gasteiger partial charge in [0.25, 0.3) is 0 Å². The number of rotatable bonds is 0. The van der Waals surface area contributed by atoms with Gasteiger partial charge in [0.05, 0.1) is 7.05 Å². The van der Waals surface area contributed by atoms with Crippen LogP contribution in [0.15, 0.2) is 18.7 Å². The molecule has 0 unspecified atom stereocenters. The summed E-state index contributed by atoms with van der Waals surface area (Å²) in [5.74, 6) is 0. The summed E-state index contributed by atoms with van der Waals surface area (Å²) < 4.78 is 4.23. The molecule has 0 aliphatic carbocycles. The second-order valence-electron chi connectivity index (χ2n) is 3.66. The lowest BCUT2D eigenvalue weighted by molar-refractivity contribution is -0.671. The first-order valence-electron chi connectivity index (χ1n) is 3.54. The average molecular weight is 154 g/mol. The number of nitrogens with zero attached hydrogens (tertiary/aromatic N) is 2. The highest BCUT2D eigenvalue weighted by molar-refractivity contribution is 4.77. The molecule has 0 aromatic carbocycles. The largest absolute Gasteiger partial charge is 0.358 e. The van der Waals surface area contributed by atoms with Crippen LogP contribution in [0.25, 0.3) is 0 Å². The number of aromatic nitrogens is 2. The Morgan fingerprint density at radius 2 is 1.82 bits per heavy atom. The Balaban J connectivity index is 0.000001000. The SMILES string of the molecule is C[n+]1ccn(C(C)(C)C)c1.[CH3-]. The standard InChI is InChI=1S/C8H15N2.CH3/c1-8(2,3)10-6-5-9(4)7-10;/h5-7H,1-4H3;1H3/q+1;-1. The summed E-state index contributed by atoms with van der Waals surface area (Å²) in [7, 11) is 2.03. The molecule has 1 rings (SSSR count). The van der Waals surface area contributed by atoms with Crippen LogP contribution in [0.5, 0.6) is 0 Å². The molecular weight excluding hydrogens is 136 g/mol. The van der Waals surface area contributed by atoms with E-state index in [-0.39, 0.29) is 13.0 Å². The molecule has 0 amide bonds. The minimum atomic E-state index is 0. The molecule has 1 aromatic heterocycles. The molecule has 0 radical (unpaired) electrons. The second kappa shape index (κ2) is 3.07. The van der Waals surface area contributed by atoms with Crippen molar-refractivity contribution in [2.75, 3.05) is 0 Å². The fourth-order valence-corrected chi connectivity index (χ4v) is 0.847. The Morgan fingerprint density at radius 3 is 2.00 bits per heavy atom. The Kier molecular flexibility index (Phi) is 2.85. The quantitative estimate of drug-likeness (QED) is 0.396. The van der Waals surface area contributed by atoms with Crippen molar-refractivity contribution < 1.29 is 4.57 Å². The van der Waals surface area contributed by atoms with E-state index < -0.39 is 0 Å². The van der Waals surface area contributed by atoms with Gasteiger partial charge in [-0.25, -0.2) is 9.13 Å². The van der Waals surface area contributed by atoms with Crippen molar-refractivity contribution in [3.05, 3.63) is 26.1 Å². The van der Waals surface area contributed by atoms with Gasteiger partial charge in [-0.05, 0) is 20.8 Å². The van der Waals surface area contributed by atoms with Gasteiger partial charge < -0.3 is 7.43 Å². The Hall–Kier alpha value is -0.790. The highest BCUT2D eigenvalue weighted by Gasteiger charge is 2.17. The van der Waals surface area contributed by atoms with E-state index >= 15 is 0 Å². The fourth-order valence-electron chi connectivity index (χ4n) is 0.847. The third kappa shape index (κ3) is 2.37. The monoisotopic (exact) mass is 154 g/mol. The van der Waals surface area contributed by atoms with Crippen LogP contribution in [0.2, 0.25) is 0 Å². The van der Waals surface area contributed by atoms with Crippen LogP contribution in [0.3, 0.4) is 0 Å². The molecule has 0 fully saturated rings. The molecule has 1 heterocycles. The summed E-state index contributed by atoms with van der Waals surface area (Å²) in [5.41, 5.74) is 0.210. The van der Waals surface area contributed by atoms with Crippen LogP contribution in [-0.2, 0) is 12.6 Å². The molecule has 0 atom stereocenters. The zero-order valence-corrected chi connectivity index (χ0v) is 8.13. The van der Waals surface area contributed by atoms with Crippen LogP contribution >= 0.6 is 0 Å². The number of imidazole rings is 1. The van der Waals surface area contributed by atoms with Gasteiger partial charge in [-0.2, -0.15) is 0 Å². The van der Waals surface area contributed by atoms with Gasteiger partial charge in [0.15, 0.2) is 0 Å². The molecule has 64 valence electrons. The predicted molar refractivity (Wildman–Crippen MR) is 47.0 cm³/mol. The summed E-state index contributed by atoms with van der Waals surface area (Å²) in [5, 5.41) is 0. The minimum absolute atomic E-state index is 0. The Bertz CT molecular complexity index is 218. The van der Waals surface area contributed by atoms with Crippen molar-refractivity contribution in [3.8, 4) is 0 Å². The van der Waals surface area contributed by atoms with E-state index in [1.807, 2.05) is 17.8 Å². The normalized spacial score (nSPS) is 10.9. The number of hydrogen-bond donors (Lipinski definition) is 0. The lowest BCUT2D eigenvalue weighted by atomic mass is 10.1. The van der Waals surface area contributed by atoms with E-state index in [2.05, 4.69) is 37.9 Å². The smallest absolute Gasteiger partial charge is 0.243 e. The van der Waals surface area contributed by atoms with Gasteiger partial charge in [-0.3, -0.25) is 0 Å².